The maximum atomic E-state index is 11.0. The Balaban J connectivity index is 1.64. The molecule has 1 aliphatic rings. The van der Waals surface area contributed by atoms with Crippen molar-refractivity contribution >= 4 is 39.0 Å². The van der Waals surface area contributed by atoms with Crippen LogP contribution in [0.4, 0.5) is 0 Å². The van der Waals surface area contributed by atoms with Crippen molar-refractivity contribution in [1.29, 1.82) is 5.26 Å². The smallest absolute Gasteiger partial charge is 0.154 e. The molecule has 156 valence electrons. The second-order valence-electron chi connectivity index (χ2n) is 6.35. The summed E-state index contributed by atoms with van der Waals surface area (Å²) in [5.41, 5.74) is -0.219. The number of pyridine rings is 1. The third-order valence-corrected chi connectivity index (χ3v) is 6.90. The van der Waals surface area contributed by atoms with Gasteiger partial charge in [0, 0.05) is 27.1 Å². The molecule has 0 aromatic carbocycles. The van der Waals surface area contributed by atoms with Gasteiger partial charge in [-0.05, 0) is 22.0 Å². The number of aliphatic hydroxyl groups is 3. The number of hydrogen-bond acceptors (Lipinski definition) is 11. The van der Waals surface area contributed by atoms with Crippen LogP contribution in [-0.4, -0.2) is 70.6 Å². The first-order chi connectivity index (χ1) is 14.5. The highest BCUT2D eigenvalue weighted by atomic mass is 79.9. The first-order valence-electron chi connectivity index (χ1n) is 8.68. The van der Waals surface area contributed by atoms with Gasteiger partial charge in [-0.2, -0.15) is 5.26 Å². The fourth-order valence-corrected chi connectivity index (χ4v) is 5.29. The number of nitriles is 1. The number of aromatic nitrogens is 5. The minimum absolute atomic E-state index is 0.175. The maximum Gasteiger partial charge on any atom is 0.154 e. The Labute approximate surface area is 187 Å². The number of thiazole rings is 1. The molecule has 5 atom stereocenters. The van der Waals surface area contributed by atoms with Crippen molar-refractivity contribution in [3.8, 4) is 16.8 Å². The Morgan fingerprint density at radius 2 is 2.17 bits per heavy atom. The molecule has 1 saturated heterocycles. The zero-order chi connectivity index (χ0) is 21.3. The van der Waals surface area contributed by atoms with E-state index in [9.17, 15) is 20.6 Å². The van der Waals surface area contributed by atoms with Crippen LogP contribution in [0.5, 0.6) is 0 Å². The molecule has 0 saturated carbocycles. The van der Waals surface area contributed by atoms with Gasteiger partial charge < -0.3 is 20.1 Å². The molecule has 10 nitrogen and oxygen atoms in total. The monoisotopic (exact) mass is 510 g/mol. The summed E-state index contributed by atoms with van der Waals surface area (Å²) < 4.78 is 7.74. The minimum Gasteiger partial charge on any atom is -0.394 e. The second kappa shape index (κ2) is 9.06. The Morgan fingerprint density at radius 1 is 1.33 bits per heavy atom. The van der Waals surface area contributed by atoms with Crippen LogP contribution in [0.3, 0.4) is 0 Å². The van der Waals surface area contributed by atoms with Crippen LogP contribution in [0.25, 0.3) is 10.7 Å². The average molecular weight is 511 g/mol. The lowest BCUT2D eigenvalue weighted by molar-refractivity contribution is -0.178. The van der Waals surface area contributed by atoms with Gasteiger partial charge in [0.2, 0.25) is 0 Å². The van der Waals surface area contributed by atoms with Gasteiger partial charge in [-0.1, -0.05) is 17.0 Å². The first kappa shape index (κ1) is 21.3. The van der Waals surface area contributed by atoms with Crippen LogP contribution in [0, 0.1) is 11.3 Å². The summed E-state index contributed by atoms with van der Waals surface area (Å²) in [4.78, 5) is 8.72. The molecular formula is C17H15BrN6O4S2. The standard InChI is InChI=1S/C17H15BrN6O4S2/c18-8-3-12(9(4-19)21-5-8)30-17-15(27)13(14(26)11(7-25)28-17)24-6-10(22-23-24)16-20-1-2-29-16/h1-3,5-6,11,13-15,17,25-27H,7H2/t11?,13?,14?,15-,17?/m0/s1. The van der Waals surface area contributed by atoms with E-state index in [-0.39, 0.29) is 5.69 Å². The Hall–Kier alpha value is -1.92. The molecular weight excluding hydrogens is 496 g/mol. The van der Waals surface area contributed by atoms with Crippen LogP contribution < -0.4 is 0 Å². The van der Waals surface area contributed by atoms with E-state index in [2.05, 4.69) is 36.2 Å². The van der Waals surface area contributed by atoms with Gasteiger partial charge in [0.25, 0.3) is 0 Å². The Morgan fingerprint density at radius 3 is 2.87 bits per heavy atom. The van der Waals surface area contributed by atoms with E-state index in [4.69, 9.17) is 4.74 Å². The molecule has 0 spiro atoms. The quantitative estimate of drug-likeness (QED) is 0.456. The largest absolute Gasteiger partial charge is 0.394 e. The number of aliphatic hydroxyl groups excluding tert-OH is 3. The molecule has 0 amide bonds. The molecule has 3 aromatic rings. The Bertz CT molecular complexity index is 1060. The van der Waals surface area contributed by atoms with Crippen molar-refractivity contribution in [1.82, 2.24) is 25.0 Å². The number of ether oxygens (including phenoxy) is 1. The van der Waals surface area contributed by atoms with Gasteiger partial charge in [-0.25, -0.2) is 14.6 Å². The molecule has 3 aromatic heterocycles. The van der Waals surface area contributed by atoms with Crippen LogP contribution in [-0.2, 0) is 4.74 Å². The number of halogens is 1. The summed E-state index contributed by atoms with van der Waals surface area (Å²) in [6.07, 6.45) is 1.31. The highest BCUT2D eigenvalue weighted by Crippen LogP contribution is 2.39. The molecule has 0 bridgehead atoms. The lowest BCUT2D eigenvalue weighted by atomic mass is 9.97. The lowest BCUT2D eigenvalue weighted by Crippen LogP contribution is -2.55. The Kier molecular flexibility index (Phi) is 6.44. The summed E-state index contributed by atoms with van der Waals surface area (Å²) in [7, 11) is 0. The van der Waals surface area contributed by atoms with Crippen LogP contribution >= 0.6 is 39.0 Å². The van der Waals surface area contributed by atoms with Gasteiger partial charge in [-0.15, -0.1) is 16.4 Å². The van der Waals surface area contributed by atoms with E-state index in [1.807, 2.05) is 6.07 Å². The molecule has 3 N–H and O–H groups in total. The lowest BCUT2D eigenvalue weighted by Gasteiger charge is -2.41. The summed E-state index contributed by atoms with van der Waals surface area (Å²) in [5.74, 6) is 0. The van der Waals surface area contributed by atoms with Crippen molar-refractivity contribution in [2.75, 3.05) is 6.61 Å². The topological polar surface area (TPSA) is 150 Å². The second-order valence-corrected chi connectivity index (χ2v) is 9.30. The molecule has 4 rings (SSSR count). The molecule has 0 radical (unpaired) electrons. The molecule has 1 aliphatic heterocycles. The molecule has 13 heteroatoms. The normalized spacial score (nSPS) is 26.4. The van der Waals surface area contributed by atoms with Gasteiger partial charge >= 0.3 is 0 Å². The third kappa shape index (κ3) is 4.12. The maximum absolute atomic E-state index is 11.0. The molecule has 30 heavy (non-hydrogen) atoms. The highest BCUT2D eigenvalue weighted by Gasteiger charge is 2.46. The number of hydrogen-bond donors (Lipinski definition) is 3. The fraction of sp³-hybridized carbons (Fsp3) is 0.353. The predicted molar refractivity (Wildman–Crippen MR) is 110 cm³/mol. The molecule has 4 heterocycles. The van der Waals surface area contributed by atoms with Crippen LogP contribution in [0.2, 0.25) is 0 Å². The van der Waals surface area contributed by atoms with Crippen molar-refractivity contribution in [2.45, 2.75) is 34.7 Å². The average Bonchev–Trinajstić information content (AvgIpc) is 3.42. The first-order valence-corrected chi connectivity index (χ1v) is 11.2. The predicted octanol–water partition coefficient (Wildman–Crippen LogP) is 1.20. The van der Waals surface area contributed by atoms with E-state index in [1.165, 1.54) is 22.2 Å². The van der Waals surface area contributed by atoms with Crippen LogP contribution in [0.1, 0.15) is 11.7 Å². The number of rotatable bonds is 5. The summed E-state index contributed by atoms with van der Waals surface area (Å²) in [5, 5.41) is 51.3. The van der Waals surface area contributed by atoms with E-state index in [1.54, 1.807) is 23.8 Å². The van der Waals surface area contributed by atoms with Crippen molar-refractivity contribution in [3.63, 3.8) is 0 Å². The molecule has 1 fully saturated rings. The summed E-state index contributed by atoms with van der Waals surface area (Å²) >= 11 is 5.78. The van der Waals surface area contributed by atoms with Crippen LogP contribution in [0.15, 0.2) is 39.4 Å². The van der Waals surface area contributed by atoms with Gasteiger partial charge in [0.1, 0.15) is 46.6 Å². The zero-order valence-electron chi connectivity index (χ0n) is 15.1. The number of nitrogens with zero attached hydrogens (tertiary/aromatic N) is 6. The summed E-state index contributed by atoms with van der Waals surface area (Å²) in [6.45, 7) is -0.461. The van der Waals surface area contributed by atoms with E-state index < -0.39 is 36.4 Å². The zero-order valence-corrected chi connectivity index (χ0v) is 18.3. The van der Waals surface area contributed by atoms with E-state index >= 15 is 0 Å². The van der Waals surface area contributed by atoms with Gasteiger partial charge in [0.15, 0.2) is 5.69 Å². The minimum atomic E-state index is -1.23. The van der Waals surface area contributed by atoms with Gasteiger partial charge in [0.05, 0.1) is 12.8 Å². The fourth-order valence-electron chi connectivity index (χ4n) is 3.07. The van der Waals surface area contributed by atoms with E-state index in [0.717, 1.165) is 11.8 Å². The molecule has 4 unspecified atom stereocenters. The van der Waals surface area contributed by atoms with E-state index in [0.29, 0.717) is 20.1 Å². The highest BCUT2D eigenvalue weighted by molar-refractivity contribution is 9.10. The van der Waals surface area contributed by atoms with Crippen molar-refractivity contribution in [3.05, 3.63) is 40.2 Å². The summed E-state index contributed by atoms with van der Waals surface area (Å²) in [6, 6.07) is 2.76. The SMILES string of the molecule is N#Cc1ncc(Br)cc1SC1OC(CO)C(O)C(n2cc(-c3nccs3)nn2)[C@@H]1O. The number of thioether (sulfide) groups is 1. The van der Waals surface area contributed by atoms with Crippen molar-refractivity contribution < 1.29 is 20.1 Å². The van der Waals surface area contributed by atoms with Gasteiger partial charge in [-0.3, -0.25) is 0 Å². The third-order valence-electron chi connectivity index (χ3n) is 4.48. The van der Waals surface area contributed by atoms with Crippen molar-refractivity contribution in [2.24, 2.45) is 0 Å². The molecule has 0 aliphatic carbocycles.